The van der Waals surface area contributed by atoms with Gasteiger partial charge in [0.1, 0.15) is 11.6 Å². The van der Waals surface area contributed by atoms with Gasteiger partial charge in [-0.15, -0.1) is 11.8 Å². The summed E-state index contributed by atoms with van der Waals surface area (Å²) in [4.78, 5) is 20.4. The highest BCUT2D eigenvalue weighted by molar-refractivity contribution is 7.99. The molecule has 2 aromatic carbocycles. The summed E-state index contributed by atoms with van der Waals surface area (Å²) in [6.07, 6.45) is 4.32. The third-order valence-electron chi connectivity index (χ3n) is 7.41. The van der Waals surface area contributed by atoms with Crippen LogP contribution in [0.2, 0.25) is 0 Å². The first-order valence-corrected chi connectivity index (χ1v) is 14.0. The first kappa shape index (κ1) is 28.0. The predicted molar refractivity (Wildman–Crippen MR) is 152 cm³/mol. The fourth-order valence-electron chi connectivity index (χ4n) is 5.28. The Hall–Kier alpha value is -3.56. The van der Waals surface area contributed by atoms with Crippen LogP contribution in [0, 0.1) is 24.4 Å². The van der Waals surface area contributed by atoms with Gasteiger partial charge in [0.05, 0.1) is 23.7 Å². The van der Waals surface area contributed by atoms with Crippen LogP contribution in [-0.2, 0) is 12.8 Å². The fourth-order valence-corrected chi connectivity index (χ4v) is 6.66. The molecule has 1 aliphatic heterocycles. The van der Waals surface area contributed by atoms with E-state index in [0.717, 1.165) is 18.5 Å². The average Bonchev–Trinajstić information content (AvgIpc) is 3.36. The zero-order valence-corrected chi connectivity index (χ0v) is 23.4. The van der Waals surface area contributed by atoms with Crippen molar-refractivity contribution in [1.82, 2.24) is 14.5 Å². The molecule has 40 heavy (non-hydrogen) atoms. The summed E-state index contributed by atoms with van der Waals surface area (Å²) in [6.45, 7) is 3.06. The topological polar surface area (TPSA) is 47.4 Å². The number of nitrogens with zero attached hydrogens (tertiary/aromatic N) is 3. The van der Waals surface area contributed by atoms with Crippen LogP contribution in [0.15, 0.2) is 70.7 Å². The fraction of sp³-hybridized carbons (Fsp3) is 0.290. The van der Waals surface area contributed by atoms with Crippen LogP contribution in [0.25, 0.3) is 11.1 Å². The first-order chi connectivity index (χ1) is 19.3. The molecule has 0 radical (unpaired) electrons. The number of methoxy groups -OCH3 is 1. The Morgan fingerprint density at radius 1 is 1.07 bits per heavy atom. The second-order valence-corrected chi connectivity index (χ2v) is 11.0. The highest BCUT2D eigenvalue weighted by Gasteiger charge is 2.32. The molecule has 3 heterocycles. The van der Waals surface area contributed by atoms with E-state index in [1.165, 1.54) is 43.1 Å². The van der Waals surface area contributed by atoms with E-state index < -0.39 is 17.5 Å². The van der Waals surface area contributed by atoms with Crippen LogP contribution >= 0.6 is 11.8 Å². The Morgan fingerprint density at radius 3 is 2.52 bits per heavy atom. The van der Waals surface area contributed by atoms with Crippen molar-refractivity contribution >= 4 is 11.8 Å². The molecule has 1 aliphatic rings. The highest BCUT2D eigenvalue weighted by Crippen LogP contribution is 2.41. The lowest BCUT2D eigenvalue weighted by atomic mass is 9.94. The largest absolute Gasteiger partial charge is 0.494 e. The molecule has 9 heteroatoms. The molecule has 208 valence electrons. The monoisotopic (exact) mass is 565 g/mol. The minimum Gasteiger partial charge on any atom is -0.494 e. The summed E-state index contributed by atoms with van der Waals surface area (Å²) in [6, 6.07) is 12.1. The van der Waals surface area contributed by atoms with Crippen molar-refractivity contribution in [2.75, 3.05) is 33.0 Å². The maximum Gasteiger partial charge on any atom is 0.260 e. The molecular weight excluding hydrogens is 535 g/mol. The summed E-state index contributed by atoms with van der Waals surface area (Å²) in [5.41, 5.74) is 2.11. The highest BCUT2D eigenvalue weighted by atomic mass is 32.2. The second-order valence-electron chi connectivity index (χ2n) is 10.00. The quantitative estimate of drug-likeness (QED) is 0.247. The third-order valence-corrected chi connectivity index (χ3v) is 8.68. The van der Waals surface area contributed by atoms with Crippen molar-refractivity contribution in [2.24, 2.45) is 0 Å². The summed E-state index contributed by atoms with van der Waals surface area (Å²) in [5, 5.41) is 0.669. The zero-order chi connectivity index (χ0) is 28.4. The van der Waals surface area contributed by atoms with Crippen LogP contribution in [0.3, 0.4) is 0 Å². The molecule has 2 aromatic heterocycles. The maximum absolute atomic E-state index is 15.5. The smallest absolute Gasteiger partial charge is 0.260 e. The van der Waals surface area contributed by atoms with Crippen LogP contribution in [0.5, 0.6) is 5.75 Å². The number of ether oxygens (including phenoxy) is 1. The molecule has 5 rings (SSSR count). The molecule has 0 saturated heterocycles. The molecule has 0 spiro atoms. The van der Waals surface area contributed by atoms with Crippen molar-refractivity contribution in [1.29, 1.82) is 0 Å². The van der Waals surface area contributed by atoms with E-state index in [0.29, 0.717) is 28.5 Å². The standard InChI is InChI=1S/C31H30F3N3O2S/c1-19-23(15-24-25(32)9-5-10-26(24)33)31-37(30(38)28(19)22-8-4-11-27(39-3)29(22)34)21(18-40-31)17-36(2)14-12-20-7-6-13-35-16-20/h4-11,13,16,21H,12,14-15,17-18H2,1-3H3. The first-order valence-electron chi connectivity index (χ1n) is 13.0. The van der Waals surface area contributed by atoms with E-state index in [9.17, 15) is 13.6 Å². The lowest BCUT2D eigenvalue weighted by Crippen LogP contribution is -2.35. The normalized spacial score (nSPS) is 14.5. The molecule has 1 unspecified atom stereocenters. The van der Waals surface area contributed by atoms with Gasteiger partial charge in [-0.3, -0.25) is 14.3 Å². The lowest BCUT2D eigenvalue weighted by molar-refractivity contribution is 0.286. The van der Waals surface area contributed by atoms with Crippen LogP contribution in [0.1, 0.15) is 28.3 Å². The van der Waals surface area contributed by atoms with E-state index in [1.54, 1.807) is 29.8 Å². The summed E-state index contributed by atoms with van der Waals surface area (Å²) in [7, 11) is 3.36. The Balaban J connectivity index is 1.59. The van der Waals surface area contributed by atoms with Crippen molar-refractivity contribution in [3.8, 4) is 16.9 Å². The maximum atomic E-state index is 15.5. The molecule has 0 amide bonds. The molecule has 0 N–H and O–H groups in total. The zero-order valence-electron chi connectivity index (χ0n) is 22.6. The van der Waals surface area contributed by atoms with E-state index in [1.807, 2.05) is 25.4 Å². The van der Waals surface area contributed by atoms with Crippen LogP contribution in [0.4, 0.5) is 13.2 Å². The minimum atomic E-state index is -0.659. The van der Waals surface area contributed by atoms with E-state index in [2.05, 4.69) is 9.88 Å². The number of aromatic nitrogens is 2. The summed E-state index contributed by atoms with van der Waals surface area (Å²) in [5.74, 6) is -1.33. The molecule has 0 aliphatic carbocycles. The van der Waals surface area contributed by atoms with Crippen molar-refractivity contribution < 1.29 is 17.9 Å². The second kappa shape index (κ2) is 11.9. The van der Waals surface area contributed by atoms with E-state index >= 15 is 4.39 Å². The number of pyridine rings is 2. The average molecular weight is 566 g/mol. The molecule has 0 fully saturated rings. The van der Waals surface area contributed by atoms with Gasteiger partial charge in [-0.25, -0.2) is 13.2 Å². The number of benzene rings is 2. The number of likely N-dealkylation sites (N-methyl/N-ethyl adjacent to an activating group) is 1. The molecule has 4 aromatic rings. The molecule has 0 saturated carbocycles. The number of hydrogen-bond acceptors (Lipinski definition) is 5. The Labute approximate surface area is 235 Å². The van der Waals surface area contributed by atoms with Gasteiger partial charge in [0.25, 0.3) is 5.56 Å². The van der Waals surface area contributed by atoms with Gasteiger partial charge in [0.15, 0.2) is 11.6 Å². The van der Waals surface area contributed by atoms with Crippen LogP contribution < -0.4 is 10.3 Å². The van der Waals surface area contributed by atoms with Crippen molar-refractivity contribution in [2.45, 2.75) is 30.8 Å². The summed E-state index contributed by atoms with van der Waals surface area (Å²) < 4.78 is 51.9. The van der Waals surface area contributed by atoms with Gasteiger partial charge < -0.3 is 9.64 Å². The van der Waals surface area contributed by atoms with Gasteiger partial charge in [-0.1, -0.05) is 24.3 Å². The number of rotatable bonds is 9. The van der Waals surface area contributed by atoms with Gasteiger partial charge in [0, 0.05) is 48.8 Å². The molecule has 5 nitrogen and oxygen atoms in total. The molecular formula is C31H30F3N3O2S. The lowest BCUT2D eigenvalue weighted by Gasteiger charge is -2.24. The number of halogens is 3. The van der Waals surface area contributed by atoms with Gasteiger partial charge >= 0.3 is 0 Å². The van der Waals surface area contributed by atoms with E-state index in [4.69, 9.17) is 4.74 Å². The molecule has 1 atom stereocenters. The predicted octanol–water partition coefficient (Wildman–Crippen LogP) is 6.06. The Bertz CT molecular complexity index is 1570. The number of fused-ring (bicyclic) bond motifs is 1. The Kier molecular flexibility index (Phi) is 8.32. The van der Waals surface area contributed by atoms with Gasteiger partial charge in [-0.2, -0.15) is 0 Å². The van der Waals surface area contributed by atoms with E-state index in [-0.39, 0.29) is 40.5 Å². The van der Waals surface area contributed by atoms with Crippen LogP contribution in [-0.4, -0.2) is 47.5 Å². The van der Waals surface area contributed by atoms with Crippen molar-refractivity contribution in [3.05, 3.63) is 111 Å². The summed E-state index contributed by atoms with van der Waals surface area (Å²) >= 11 is 1.50. The van der Waals surface area contributed by atoms with Crippen molar-refractivity contribution in [3.63, 3.8) is 0 Å². The number of thioether (sulfide) groups is 1. The SMILES string of the molecule is COc1cccc(-c2c(C)c(Cc3c(F)cccc3F)c3n(c2=O)C(CN(C)CCc2cccnc2)CS3)c1F. The molecule has 0 bridgehead atoms. The number of hydrogen-bond donors (Lipinski definition) is 0. The minimum absolute atomic E-state index is 0.0181. The van der Waals surface area contributed by atoms with Gasteiger partial charge in [0.2, 0.25) is 0 Å². The Morgan fingerprint density at radius 2 is 1.82 bits per heavy atom. The van der Waals surface area contributed by atoms with Gasteiger partial charge in [-0.05, 0) is 61.3 Å². The third kappa shape index (κ3) is 5.40.